The first kappa shape index (κ1) is 19.8. The molecule has 6 nitrogen and oxygen atoms in total. The van der Waals surface area contributed by atoms with E-state index in [1.165, 1.54) is 6.07 Å². The van der Waals surface area contributed by atoms with E-state index in [1.807, 2.05) is 0 Å². The van der Waals surface area contributed by atoms with Crippen LogP contribution in [-0.2, 0) is 9.53 Å². The first-order valence-electron chi connectivity index (χ1n) is 8.07. The molecule has 1 aliphatic heterocycles. The number of hydrogen-bond donors (Lipinski definition) is 3. The molecule has 2 aromatic rings. The van der Waals surface area contributed by atoms with E-state index in [0.717, 1.165) is 6.42 Å². The average Bonchev–Trinajstić information content (AvgIpc) is 3.17. The Kier molecular flexibility index (Phi) is 6.11. The summed E-state index contributed by atoms with van der Waals surface area (Å²) in [4.78, 5) is 24.5. The molecule has 1 heterocycles. The highest BCUT2D eigenvalue weighted by molar-refractivity contribution is 6.46. The van der Waals surface area contributed by atoms with Gasteiger partial charge in [-0.25, -0.2) is 0 Å². The maximum atomic E-state index is 12.4. The van der Waals surface area contributed by atoms with Gasteiger partial charge < -0.3 is 20.5 Å². The van der Waals surface area contributed by atoms with Crippen molar-refractivity contribution in [2.45, 2.75) is 18.9 Å². The zero-order valence-corrected chi connectivity index (χ0v) is 16.2. The average molecular weight is 430 g/mol. The van der Waals surface area contributed by atoms with Crippen molar-refractivity contribution in [3.63, 3.8) is 0 Å². The number of phenolic OH excluding ortho intramolecular Hbond substituents is 1. The number of halogens is 3. The van der Waals surface area contributed by atoms with E-state index in [4.69, 9.17) is 39.5 Å². The van der Waals surface area contributed by atoms with Crippen molar-refractivity contribution in [3.8, 4) is 5.75 Å². The molecule has 1 atom stereocenters. The fourth-order valence-corrected chi connectivity index (χ4v) is 3.32. The Hall–Kier alpha value is -1.99. The number of amides is 2. The van der Waals surface area contributed by atoms with E-state index in [0.29, 0.717) is 24.4 Å². The van der Waals surface area contributed by atoms with Crippen molar-refractivity contribution in [2.75, 3.05) is 17.2 Å². The smallest absolute Gasteiger partial charge is 0.261 e. The lowest BCUT2D eigenvalue weighted by molar-refractivity contribution is -0.124. The second kappa shape index (κ2) is 8.35. The van der Waals surface area contributed by atoms with Gasteiger partial charge >= 0.3 is 0 Å². The highest BCUT2D eigenvalue weighted by Crippen LogP contribution is 2.38. The molecule has 27 heavy (non-hydrogen) atoms. The Bertz CT molecular complexity index is 855. The van der Waals surface area contributed by atoms with Crippen molar-refractivity contribution in [2.24, 2.45) is 0 Å². The molecule has 3 rings (SSSR count). The number of carbonyl (C=O) groups is 2. The zero-order valence-electron chi connectivity index (χ0n) is 13.9. The number of rotatable bonds is 4. The second-order valence-corrected chi connectivity index (χ2v) is 7.09. The third kappa shape index (κ3) is 4.47. The molecule has 0 radical (unpaired) electrons. The summed E-state index contributed by atoms with van der Waals surface area (Å²) in [6, 6.07) is 7.72. The zero-order chi connectivity index (χ0) is 19.6. The van der Waals surface area contributed by atoms with Gasteiger partial charge in [0.25, 0.3) is 11.8 Å². The van der Waals surface area contributed by atoms with E-state index in [-0.39, 0.29) is 26.5 Å². The molecule has 0 aliphatic carbocycles. The van der Waals surface area contributed by atoms with Crippen LogP contribution in [-0.4, -0.2) is 29.6 Å². The van der Waals surface area contributed by atoms with Crippen molar-refractivity contribution in [3.05, 3.63) is 51.0 Å². The van der Waals surface area contributed by atoms with Gasteiger partial charge in [-0.3, -0.25) is 9.59 Å². The number of hydrogen-bond acceptors (Lipinski definition) is 4. The highest BCUT2D eigenvalue weighted by atomic mass is 35.5. The predicted molar refractivity (Wildman–Crippen MR) is 105 cm³/mol. The van der Waals surface area contributed by atoms with E-state index in [9.17, 15) is 14.7 Å². The molecule has 2 aromatic carbocycles. The van der Waals surface area contributed by atoms with Gasteiger partial charge in [-0.1, -0.05) is 34.8 Å². The minimum absolute atomic E-state index is 0.0526. The third-order valence-electron chi connectivity index (χ3n) is 4.01. The summed E-state index contributed by atoms with van der Waals surface area (Å²) in [6.07, 6.45) is 1.14. The minimum Gasteiger partial charge on any atom is -0.505 e. The molecule has 0 aromatic heterocycles. The second-order valence-electron chi connectivity index (χ2n) is 5.90. The Morgan fingerprint density at radius 1 is 1.04 bits per heavy atom. The fourth-order valence-electron chi connectivity index (χ4n) is 2.63. The molecule has 142 valence electrons. The van der Waals surface area contributed by atoms with Gasteiger partial charge in [-0.05, 0) is 43.2 Å². The summed E-state index contributed by atoms with van der Waals surface area (Å²) < 4.78 is 5.33. The van der Waals surface area contributed by atoms with Crippen molar-refractivity contribution >= 4 is 58.0 Å². The molecule has 0 saturated carbocycles. The number of anilines is 2. The molecule has 9 heteroatoms. The molecule has 3 N–H and O–H groups in total. The molecule has 0 spiro atoms. The molecule has 1 fully saturated rings. The van der Waals surface area contributed by atoms with Crippen LogP contribution in [0.4, 0.5) is 11.4 Å². The molecular weight excluding hydrogens is 415 g/mol. The summed E-state index contributed by atoms with van der Waals surface area (Å²) in [5, 5.41) is 15.2. The lowest BCUT2D eigenvalue weighted by atomic mass is 10.1. The Morgan fingerprint density at radius 3 is 2.26 bits per heavy atom. The molecule has 2 amide bonds. The van der Waals surface area contributed by atoms with Gasteiger partial charge in [-0.2, -0.15) is 0 Å². The van der Waals surface area contributed by atoms with E-state index in [1.54, 1.807) is 24.3 Å². The standard InChI is InChI=1S/C18H15Cl3N2O4/c19-11-8-12(20)16(24)14(15(11)21)18(26)23-10-5-3-9(4-6-10)22-17(25)13-2-1-7-27-13/h3-6,8,13,24H,1-2,7H2,(H,22,25)(H,23,26). The van der Waals surface area contributed by atoms with Gasteiger partial charge in [0.2, 0.25) is 0 Å². The van der Waals surface area contributed by atoms with E-state index in [2.05, 4.69) is 10.6 Å². The number of phenols is 1. The predicted octanol–water partition coefficient (Wildman–Crippen LogP) is 4.72. The SMILES string of the molecule is O=C(Nc1ccc(NC(=O)C2CCCO2)cc1)c1c(O)c(Cl)cc(Cl)c1Cl. The summed E-state index contributed by atoms with van der Waals surface area (Å²) in [6.45, 7) is 0.589. The van der Waals surface area contributed by atoms with E-state index >= 15 is 0 Å². The summed E-state index contributed by atoms with van der Waals surface area (Å²) in [7, 11) is 0. The topological polar surface area (TPSA) is 87.7 Å². The number of carbonyl (C=O) groups excluding carboxylic acids is 2. The first-order valence-corrected chi connectivity index (χ1v) is 9.20. The minimum atomic E-state index is -0.668. The van der Waals surface area contributed by atoms with Crippen LogP contribution < -0.4 is 10.6 Å². The maximum absolute atomic E-state index is 12.4. The maximum Gasteiger partial charge on any atom is 0.261 e. The number of nitrogens with one attached hydrogen (secondary N) is 2. The number of benzene rings is 2. The van der Waals surface area contributed by atoms with Crippen LogP contribution in [0.15, 0.2) is 30.3 Å². The largest absolute Gasteiger partial charge is 0.505 e. The Morgan fingerprint density at radius 2 is 1.67 bits per heavy atom. The Balaban J connectivity index is 1.70. The van der Waals surface area contributed by atoms with Gasteiger partial charge in [0, 0.05) is 18.0 Å². The van der Waals surface area contributed by atoms with Gasteiger partial charge in [0.1, 0.15) is 17.4 Å². The number of aromatic hydroxyl groups is 1. The number of ether oxygens (including phenoxy) is 1. The van der Waals surface area contributed by atoms with Crippen LogP contribution in [0.1, 0.15) is 23.2 Å². The summed E-state index contributed by atoms with van der Waals surface area (Å²) >= 11 is 17.7. The van der Waals surface area contributed by atoms with Crippen LogP contribution in [0.5, 0.6) is 5.75 Å². The first-order chi connectivity index (χ1) is 12.9. The lowest BCUT2D eigenvalue weighted by Crippen LogP contribution is -2.26. The summed E-state index contributed by atoms with van der Waals surface area (Å²) in [5.41, 5.74) is 0.784. The molecule has 1 unspecified atom stereocenters. The van der Waals surface area contributed by atoms with Crippen LogP contribution in [0, 0.1) is 0 Å². The normalized spacial score (nSPS) is 16.2. The van der Waals surface area contributed by atoms with Gasteiger partial charge in [0.15, 0.2) is 0 Å². The molecule has 1 saturated heterocycles. The summed E-state index contributed by atoms with van der Waals surface area (Å²) in [5.74, 6) is -1.32. The highest BCUT2D eigenvalue weighted by Gasteiger charge is 2.24. The van der Waals surface area contributed by atoms with E-state index < -0.39 is 17.8 Å². The molecular formula is C18H15Cl3N2O4. The van der Waals surface area contributed by atoms with Crippen LogP contribution in [0.2, 0.25) is 15.1 Å². The van der Waals surface area contributed by atoms with Gasteiger partial charge in [0.05, 0.1) is 15.1 Å². The lowest BCUT2D eigenvalue weighted by Gasteiger charge is -2.12. The van der Waals surface area contributed by atoms with Crippen LogP contribution in [0.3, 0.4) is 0 Å². The van der Waals surface area contributed by atoms with Gasteiger partial charge in [-0.15, -0.1) is 0 Å². The van der Waals surface area contributed by atoms with Crippen molar-refractivity contribution in [1.29, 1.82) is 0 Å². The van der Waals surface area contributed by atoms with Crippen molar-refractivity contribution in [1.82, 2.24) is 0 Å². The van der Waals surface area contributed by atoms with Crippen molar-refractivity contribution < 1.29 is 19.4 Å². The quantitative estimate of drug-likeness (QED) is 0.614. The van der Waals surface area contributed by atoms with Crippen LogP contribution in [0.25, 0.3) is 0 Å². The Labute approximate surface area is 170 Å². The monoisotopic (exact) mass is 428 g/mol. The fraction of sp³-hybridized carbons (Fsp3) is 0.222. The molecule has 0 bridgehead atoms. The molecule has 1 aliphatic rings. The van der Waals surface area contributed by atoms with Crippen LogP contribution >= 0.6 is 34.8 Å². The third-order valence-corrected chi connectivity index (χ3v) is 5.08.